The van der Waals surface area contributed by atoms with Gasteiger partial charge in [-0.2, -0.15) is 0 Å². The van der Waals surface area contributed by atoms with E-state index in [1.165, 1.54) is 10.9 Å². The number of aromatic nitrogens is 6. The van der Waals surface area contributed by atoms with Crippen molar-refractivity contribution in [2.75, 3.05) is 0 Å². The lowest BCUT2D eigenvalue weighted by molar-refractivity contribution is 1.07. The van der Waals surface area contributed by atoms with Crippen LogP contribution in [0.5, 0.6) is 0 Å². The van der Waals surface area contributed by atoms with Crippen molar-refractivity contribution in [3.8, 4) is 67.7 Å². The first-order valence-corrected chi connectivity index (χ1v) is 19.3. The van der Waals surface area contributed by atoms with E-state index >= 15 is 0 Å². The van der Waals surface area contributed by atoms with Crippen molar-refractivity contribution in [2.24, 2.45) is 0 Å². The first-order valence-electron chi connectivity index (χ1n) is 19.3. The summed E-state index contributed by atoms with van der Waals surface area (Å²) in [5.74, 6) is 1.84. The fourth-order valence-electron chi connectivity index (χ4n) is 7.73. The second kappa shape index (κ2) is 14.3. The Morgan fingerprint density at radius 2 is 1.05 bits per heavy atom. The Hall–Kier alpha value is -7.44. The van der Waals surface area contributed by atoms with Crippen molar-refractivity contribution in [1.82, 2.24) is 29.9 Å². The molecule has 0 radical (unpaired) electrons. The average Bonchev–Trinajstić information content (AvgIpc) is 3.28. The van der Waals surface area contributed by atoms with E-state index in [1.807, 2.05) is 54.7 Å². The summed E-state index contributed by atoms with van der Waals surface area (Å²) in [7, 11) is 0. The summed E-state index contributed by atoms with van der Waals surface area (Å²) < 4.78 is 0. The minimum Gasteiger partial charge on any atom is -0.256 e. The Labute approximate surface area is 330 Å². The van der Waals surface area contributed by atoms with E-state index in [9.17, 15) is 0 Å². The van der Waals surface area contributed by atoms with Crippen LogP contribution in [0.25, 0.3) is 100 Å². The SMILES string of the molecule is CCc1cc(C)nc2c1ccc1ccc(-c3ccc(-c4cccc(-c5nc(-c6ccccc6)nc(-c6cccc(-c7ccnc8ccccc78)c6)n5)c4)cc3)nc12. The molecule has 57 heavy (non-hydrogen) atoms. The molecular formula is C51H36N6. The van der Waals surface area contributed by atoms with Gasteiger partial charge in [-0.3, -0.25) is 9.97 Å². The van der Waals surface area contributed by atoms with E-state index < -0.39 is 0 Å². The minimum atomic E-state index is 0.611. The molecule has 4 aromatic heterocycles. The predicted octanol–water partition coefficient (Wildman–Crippen LogP) is 12.4. The van der Waals surface area contributed by atoms with Gasteiger partial charge in [0.15, 0.2) is 17.5 Å². The van der Waals surface area contributed by atoms with Crippen LogP contribution in [-0.4, -0.2) is 29.9 Å². The van der Waals surface area contributed by atoms with Gasteiger partial charge in [-0.25, -0.2) is 19.9 Å². The van der Waals surface area contributed by atoms with Crippen LogP contribution in [0.3, 0.4) is 0 Å². The molecule has 0 saturated heterocycles. The first kappa shape index (κ1) is 34.1. The number of rotatable bonds is 7. The van der Waals surface area contributed by atoms with Crippen LogP contribution in [0.1, 0.15) is 18.2 Å². The lowest BCUT2D eigenvalue weighted by Crippen LogP contribution is -2.00. The molecule has 270 valence electrons. The van der Waals surface area contributed by atoms with E-state index in [1.54, 1.807) is 0 Å². The van der Waals surface area contributed by atoms with Crippen LogP contribution >= 0.6 is 0 Å². The van der Waals surface area contributed by atoms with Gasteiger partial charge in [-0.15, -0.1) is 0 Å². The Morgan fingerprint density at radius 1 is 0.421 bits per heavy atom. The van der Waals surface area contributed by atoms with Gasteiger partial charge in [0.05, 0.1) is 22.2 Å². The fourth-order valence-corrected chi connectivity index (χ4v) is 7.73. The highest BCUT2D eigenvalue weighted by Gasteiger charge is 2.15. The highest BCUT2D eigenvalue weighted by atomic mass is 15.0. The number of hydrogen-bond donors (Lipinski definition) is 0. The van der Waals surface area contributed by atoms with Gasteiger partial charge in [0, 0.05) is 50.3 Å². The summed E-state index contributed by atoms with van der Waals surface area (Å²) in [5.41, 5.74) is 14.2. The normalized spacial score (nSPS) is 11.4. The second-order valence-corrected chi connectivity index (χ2v) is 14.3. The van der Waals surface area contributed by atoms with Gasteiger partial charge in [-0.05, 0) is 77.6 Å². The van der Waals surface area contributed by atoms with E-state index in [2.05, 4.69) is 134 Å². The van der Waals surface area contributed by atoms with E-state index in [0.717, 1.165) is 89.6 Å². The lowest BCUT2D eigenvalue weighted by Gasteiger charge is -2.11. The number of benzene rings is 6. The van der Waals surface area contributed by atoms with Crippen LogP contribution in [0.4, 0.5) is 0 Å². The van der Waals surface area contributed by atoms with Gasteiger partial charge in [-0.1, -0.05) is 134 Å². The zero-order valence-corrected chi connectivity index (χ0v) is 31.6. The van der Waals surface area contributed by atoms with Crippen molar-refractivity contribution in [1.29, 1.82) is 0 Å². The molecule has 0 aliphatic carbocycles. The molecule has 6 aromatic carbocycles. The Bertz CT molecular complexity index is 3120. The van der Waals surface area contributed by atoms with Gasteiger partial charge in [0.25, 0.3) is 0 Å². The zero-order valence-electron chi connectivity index (χ0n) is 31.6. The number of fused-ring (bicyclic) bond motifs is 4. The van der Waals surface area contributed by atoms with Crippen LogP contribution < -0.4 is 0 Å². The third-order valence-corrected chi connectivity index (χ3v) is 10.6. The van der Waals surface area contributed by atoms with Crippen LogP contribution in [-0.2, 0) is 6.42 Å². The van der Waals surface area contributed by atoms with Crippen molar-refractivity contribution >= 4 is 32.7 Å². The number of nitrogens with zero attached hydrogens (tertiary/aromatic N) is 6. The number of aryl methyl sites for hydroxylation is 2. The molecular weight excluding hydrogens is 697 g/mol. The van der Waals surface area contributed by atoms with E-state index in [0.29, 0.717) is 17.5 Å². The summed E-state index contributed by atoms with van der Waals surface area (Å²) >= 11 is 0. The standard InChI is InChI=1S/C51H36N6/c1-3-33-29-32(2)53-48-43(33)25-23-36-24-26-45(54-47(36)48)35-21-19-34(20-22-35)38-13-9-15-40(30-38)50-55-49(37-11-5-4-6-12-37)56-51(57-50)41-16-10-14-39(31-41)42-27-28-52-46-18-8-7-17-44(42)46/h4-31H,3H2,1-2H3. The molecule has 10 aromatic rings. The third kappa shape index (κ3) is 6.47. The lowest BCUT2D eigenvalue weighted by atomic mass is 9.99. The highest BCUT2D eigenvalue weighted by Crippen LogP contribution is 2.34. The number of pyridine rings is 3. The summed E-state index contributed by atoms with van der Waals surface area (Å²) in [6.45, 7) is 4.25. The Morgan fingerprint density at radius 3 is 1.82 bits per heavy atom. The molecule has 6 heteroatoms. The van der Waals surface area contributed by atoms with Crippen LogP contribution in [0, 0.1) is 6.92 Å². The van der Waals surface area contributed by atoms with Gasteiger partial charge in [0.2, 0.25) is 0 Å². The van der Waals surface area contributed by atoms with Crippen molar-refractivity contribution in [3.05, 3.63) is 181 Å². The summed E-state index contributed by atoms with van der Waals surface area (Å²) in [6, 6.07) is 56.5. The molecule has 0 N–H and O–H groups in total. The zero-order chi connectivity index (χ0) is 38.3. The molecule has 0 bridgehead atoms. The maximum absolute atomic E-state index is 5.16. The fraction of sp³-hybridized carbons (Fsp3) is 0.0588. The highest BCUT2D eigenvalue weighted by molar-refractivity contribution is 6.04. The summed E-state index contributed by atoms with van der Waals surface area (Å²) in [5, 5.41) is 3.36. The number of para-hydroxylation sites is 1. The van der Waals surface area contributed by atoms with E-state index in [4.69, 9.17) is 24.9 Å². The molecule has 4 heterocycles. The topological polar surface area (TPSA) is 77.3 Å². The third-order valence-electron chi connectivity index (χ3n) is 10.6. The molecule has 6 nitrogen and oxygen atoms in total. The predicted molar refractivity (Wildman–Crippen MR) is 232 cm³/mol. The molecule has 0 fully saturated rings. The maximum Gasteiger partial charge on any atom is 0.164 e. The molecule has 0 spiro atoms. The minimum absolute atomic E-state index is 0.611. The first-order chi connectivity index (χ1) is 28.1. The molecule has 0 unspecified atom stereocenters. The van der Waals surface area contributed by atoms with Crippen molar-refractivity contribution in [2.45, 2.75) is 20.3 Å². The average molecular weight is 733 g/mol. The van der Waals surface area contributed by atoms with Gasteiger partial charge >= 0.3 is 0 Å². The molecule has 0 saturated carbocycles. The second-order valence-electron chi connectivity index (χ2n) is 14.3. The van der Waals surface area contributed by atoms with Crippen molar-refractivity contribution in [3.63, 3.8) is 0 Å². The van der Waals surface area contributed by atoms with E-state index in [-0.39, 0.29) is 0 Å². The molecule has 0 aliphatic heterocycles. The number of hydrogen-bond acceptors (Lipinski definition) is 6. The quantitative estimate of drug-likeness (QED) is 0.152. The monoisotopic (exact) mass is 732 g/mol. The molecule has 10 rings (SSSR count). The van der Waals surface area contributed by atoms with Gasteiger partial charge < -0.3 is 0 Å². The smallest absolute Gasteiger partial charge is 0.164 e. The van der Waals surface area contributed by atoms with Crippen LogP contribution in [0.2, 0.25) is 0 Å². The molecule has 0 aliphatic rings. The van der Waals surface area contributed by atoms with Gasteiger partial charge in [0.1, 0.15) is 0 Å². The summed E-state index contributed by atoms with van der Waals surface area (Å²) in [4.78, 5) is 29.8. The molecule has 0 amide bonds. The molecule has 0 atom stereocenters. The van der Waals surface area contributed by atoms with Crippen LogP contribution in [0.15, 0.2) is 170 Å². The Balaban J connectivity index is 1.01. The Kier molecular flexibility index (Phi) is 8.57. The summed E-state index contributed by atoms with van der Waals surface area (Å²) in [6.07, 6.45) is 2.82. The largest absolute Gasteiger partial charge is 0.256 e. The maximum atomic E-state index is 5.16. The van der Waals surface area contributed by atoms with Crippen molar-refractivity contribution < 1.29 is 0 Å².